The topological polar surface area (TPSA) is 109 Å². The molecule has 0 aliphatic rings. The summed E-state index contributed by atoms with van der Waals surface area (Å²) in [5.74, 6) is -0.685. The second kappa shape index (κ2) is 5.96. The van der Waals surface area contributed by atoms with E-state index in [-0.39, 0.29) is 26.9 Å². The SMILES string of the molecule is Cc1ccc(NC(=O)c2ccc(Cl)c(S(N)(=O)=O)c2)c(O)c1. The second-order valence-electron chi connectivity index (χ2n) is 4.66. The molecule has 0 saturated carbocycles. The van der Waals surface area contributed by atoms with Crippen LogP contribution in [0.25, 0.3) is 0 Å². The number of aromatic hydroxyl groups is 1. The number of amides is 1. The molecule has 0 saturated heterocycles. The van der Waals surface area contributed by atoms with Crippen LogP contribution >= 0.6 is 11.6 Å². The molecule has 0 radical (unpaired) electrons. The molecule has 2 aromatic carbocycles. The van der Waals surface area contributed by atoms with E-state index in [2.05, 4.69) is 5.32 Å². The van der Waals surface area contributed by atoms with E-state index in [1.807, 2.05) is 0 Å². The van der Waals surface area contributed by atoms with Gasteiger partial charge in [0.25, 0.3) is 5.91 Å². The van der Waals surface area contributed by atoms with Crippen LogP contribution in [0.15, 0.2) is 41.3 Å². The highest BCUT2D eigenvalue weighted by Crippen LogP contribution is 2.26. The van der Waals surface area contributed by atoms with Gasteiger partial charge in [-0.05, 0) is 42.8 Å². The first-order valence-electron chi connectivity index (χ1n) is 6.12. The number of nitrogens with one attached hydrogen (secondary N) is 1. The zero-order chi connectivity index (χ0) is 16.5. The molecule has 0 heterocycles. The molecular weight excluding hydrogens is 328 g/mol. The fourth-order valence-corrected chi connectivity index (χ4v) is 2.88. The molecular formula is C14H13ClN2O4S. The summed E-state index contributed by atoms with van der Waals surface area (Å²) in [5.41, 5.74) is 1.09. The fourth-order valence-electron chi connectivity index (χ4n) is 1.80. The van der Waals surface area contributed by atoms with Gasteiger partial charge < -0.3 is 10.4 Å². The zero-order valence-electron chi connectivity index (χ0n) is 11.5. The van der Waals surface area contributed by atoms with Gasteiger partial charge in [-0.2, -0.15) is 0 Å². The summed E-state index contributed by atoms with van der Waals surface area (Å²) in [5, 5.41) is 17.2. The second-order valence-corrected chi connectivity index (χ2v) is 6.60. The van der Waals surface area contributed by atoms with Crippen molar-refractivity contribution in [1.29, 1.82) is 0 Å². The lowest BCUT2D eigenvalue weighted by Crippen LogP contribution is -2.16. The Bertz CT molecular complexity index is 850. The van der Waals surface area contributed by atoms with Gasteiger partial charge in [0.2, 0.25) is 10.0 Å². The van der Waals surface area contributed by atoms with Crippen LogP contribution in [0, 0.1) is 6.92 Å². The Morgan fingerprint density at radius 3 is 2.50 bits per heavy atom. The number of hydrogen-bond donors (Lipinski definition) is 3. The van der Waals surface area contributed by atoms with Crippen molar-refractivity contribution in [2.75, 3.05) is 5.32 Å². The van der Waals surface area contributed by atoms with Crippen LogP contribution in [-0.4, -0.2) is 19.4 Å². The van der Waals surface area contributed by atoms with Gasteiger partial charge in [-0.25, -0.2) is 13.6 Å². The Labute approximate surface area is 132 Å². The van der Waals surface area contributed by atoms with Crippen molar-refractivity contribution in [1.82, 2.24) is 0 Å². The molecule has 0 fully saturated rings. The van der Waals surface area contributed by atoms with Gasteiger partial charge in [-0.15, -0.1) is 0 Å². The minimum Gasteiger partial charge on any atom is -0.506 e. The molecule has 0 unspecified atom stereocenters. The maximum atomic E-state index is 12.1. The van der Waals surface area contributed by atoms with Crippen LogP contribution in [0.1, 0.15) is 15.9 Å². The molecule has 0 spiro atoms. The van der Waals surface area contributed by atoms with Crippen LogP contribution in [0.4, 0.5) is 5.69 Å². The van der Waals surface area contributed by atoms with Crippen LogP contribution in [0.2, 0.25) is 5.02 Å². The monoisotopic (exact) mass is 340 g/mol. The van der Waals surface area contributed by atoms with E-state index < -0.39 is 15.9 Å². The number of phenolic OH excluding ortho intramolecular Hbond substituents is 1. The average Bonchev–Trinajstić information content (AvgIpc) is 2.41. The van der Waals surface area contributed by atoms with Crippen molar-refractivity contribution in [2.45, 2.75) is 11.8 Å². The highest BCUT2D eigenvalue weighted by atomic mass is 35.5. The molecule has 2 rings (SSSR count). The Balaban J connectivity index is 2.34. The molecule has 22 heavy (non-hydrogen) atoms. The molecule has 0 atom stereocenters. The van der Waals surface area contributed by atoms with E-state index in [0.717, 1.165) is 11.6 Å². The maximum Gasteiger partial charge on any atom is 0.255 e. The van der Waals surface area contributed by atoms with E-state index in [4.69, 9.17) is 16.7 Å². The van der Waals surface area contributed by atoms with Crippen LogP contribution in [-0.2, 0) is 10.0 Å². The summed E-state index contributed by atoms with van der Waals surface area (Å²) in [7, 11) is -4.04. The highest BCUT2D eigenvalue weighted by molar-refractivity contribution is 7.89. The summed E-state index contributed by atoms with van der Waals surface area (Å²) in [6.07, 6.45) is 0. The number of halogens is 1. The van der Waals surface area contributed by atoms with Gasteiger partial charge in [-0.1, -0.05) is 17.7 Å². The number of carbonyl (C=O) groups is 1. The Morgan fingerprint density at radius 2 is 1.91 bits per heavy atom. The number of phenols is 1. The number of benzene rings is 2. The summed E-state index contributed by atoms with van der Waals surface area (Å²) in [4.78, 5) is 11.8. The predicted molar refractivity (Wildman–Crippen MR) is 83.6 cm³/mol. The van der Waals surface area contributed by atoms with Crippen molar-refractivity contribution >= 4 is 33.2 Å². The lowest BCUT2D eigenvalue weighted by atomic mass is 10.2. The molecule has 0 aliphatic heterocycles. The molecule has 0 bridgehead atoms. The lowest BCUT2D eigenvalue weighted by molar-refractivity contribution is 0.102. The van der Waals surface area contributed by atoms with Crippen LogP contribution in [0.3, 0.4) is 0 Å². The standard InChI is InChI=1S/C14H13ClN2O4S/c1-8-2-5-11(12(18)6-8)17-14(19)9-3-4-10(15)13(7-9)22(16,20)21/h2-7,18H,1H3,(H,17,19)(H2,16,20,21). The van der Waals surface area contributed by atoms with Crippen molar-refractivity contribution in [3.63, 3.8) is 0 Å². The Hall–Kier alpha value is -2.09. The third-order valence-corrected chi connectivity index (χ3v) is 4.29. The first kappa shape index (κ1) is 16.3. The smallest absolute Gasteiger partial charge is 0.255 e. The van der Waals surface area contributed by atoms with Gasteiger partial charge in [0.05, 0.1) is 10.7 Å². The first-order chi connectivity index (χ1) is 10.2. The molecule has 4 N–H and O–H groups in total. The van der Waals surface area contributed by atoms with Gasteiger partial charge in [0.1, 0.15) is 10.6 Å². The normalized spacial score (nSPS) is 11.2. The molecule has 1 amide bonds. The first-order valence-corrected chi connectivity index (χ1v) is 8.04. The van der Waals surface area contributed by atoms with Crippen molar-refractivity contribution in [2.24, 2.45) is 5.14 Å². The summed E-state index contributed by atoms with van der Waals surface area (Å²) < 4.78 is 22.8. The third kappa shape index (κ3) is 3.56. The number of nitrogens with two attached hydrogens (primary N) is 1. The van der Waals surface area contributed by atoms with Crippen LogP contribution in [0.5, 0.6) is 5.75 Å². The number of primary sulfonamides is 1. The molecule has 0 aromatic heterocycles. The van der Waals surface area contributed by atoms with E-state index in [1.54, 1.807) is 19.1 Å². The molecule has 8 heteroatoms. The molecule has 6 nitrogen and oxygen atoms in total. The number of hydrogen-bond acceptors (Lipinski definition) is 4. The predicted octanol–water partition coefficient (Wildman–Crippen LogP) is 2.25. The van der Waals surface area contributed by atoms with Crippen molar-refractivity contribution in [3.05, 3.63) is 52.5 Å². The zero-order valence-corrected chi connectivity index (χ0v) is 13.1. The Kier molecular flexibility index (Phi) is 4.41. The van der Waals surface area contributed by atoms with E-state index in [1.165, 1.54) is 18.2 Å². The highest BCUT2D eigenvalue weighted by Gasteiger charge is 2.17. The van der Waals surface area contributed by atoms with E-state index in [0.29, 0.717) is 0 Å². The lowest BCUT2D eigenvalue weighted by Gasteiger charge is -2.09. The molecule has 2 aromatic rings. The minimum absolute atomic E-state index is 0.0494. The number of sulfonamides is 1. The van der Waals surface area contributed by atoms with E-state index in [9.17, 15) is 18.3 Å². The average molecular weight is 341 g/mol. The maximum absolute atomic E-state index is 12.1. The number of carbonyl (C=O) groups excluding carboxylic acids is 1. The molecule has 116 valence electrons. The van der Waals surface area contributed by atoms with Gasteiger partial charge in [0, 0.05) is 5.56 Å². The number of aryl methyl sites for hydroxylation is 1. The number of rotatable bonds is 3. The summed E-state index contributed by atoms with van der Waals surface area (Å²) >= 11 is 5.76. The molecule has 0 aliphatic carbocycles. The Morgan fingerprint density at radius 1 is 1.23 bits per heavy atom. The van der Waals surface area contributed by atoms with Gasteiger partial charge in [0.15, 0.2) is 0 Å². The fraction of sp³-hybridized carbons (Fsp3) is 0.0714. The number of anilines is 1. The van der Waals surface area contributed by atoms with Crippen molar-refractivity contribution in [3.8, 4) is 5.75 Å². The largest absolute Gasteiger partial charge is 0.506 e. The van der Waals surface area contributed by atoms with E-state index >= 15 is 0 Å². The van der Waals surface area contributed by atoms with Gasteiger partial charge in [-0.3, -0.25) is 4.79 Å². The van der Waals surface area contributed by atoms with Crippen LogP contribution < -0.4 is 10.5 Å². The third-order valence-electron chi connectivity index (χ3n) is 2.90. The quantitative estimate of drug-likeness (QED) is 0.744. The summed E-state index contributed by atoms with van der Waals surface area (Å²) in [6.45, 7) is 1.79. The van der Waals surface area contributed by atoms with Crippen molar-refractivity contribution < 1.29 is 18.3 Å². The summed E-state index contributed by atoms with van der Waals surface area (Å²) in [6, 6.07) is 8.46. The van der Waals surface area contributed by atoms with Gasteiger partial charge >= 0.3 is 0 Å². The minimum atomic E-state index is -4.04.